The zero-order valence-electron chi connectivity index (χ0n) is 10.9. The normalized spacial score (nSPS) is 11.3. The lowest BCUT2D eigenvalue weighted by atomic mass is 10.2. The van der Waals surface area contributed by atoms with Crippen molar-refractivity contribution in [1.29, 1.82) is 0 Å². The summed E-state index contributed by atoms with van der Waals surface area (Å²) in [5, 5.41) is 5.34. The SMILES string of the molecule is Brc1ccc2oc(CNc3ncnc4[nH]ccc34)cc2c1. The number of halogens is 1. The van der Waals surface area contributed by atoms with E-state index >= 15 is 0 Å². The Bertz CT molecular complexity index is 928. The first kappa shape index (κ1) is 12.4. The van der Waals surface area contributed by atoms with Crippen LogP contribution in [0.4, 0.5) is 5.82 Å². The van der Waals surface area contributed by atoms with Gasteiger partial charge in [0.25, 0.3) is 0 Å². The van der Waals surface area contributed by atoms with Gasteiger partial charge < -0.3 is 14.7 Å². The molecule has 5 nitrogen and oxygen atoms in total. The molecule has 6 heteroatoms. The van der Waals surface area contributed by atoms with Gasteiger partial charge in [-0.2, -0.15) is 0 Å². The summed E-state index contributed by atoms with van der Waals surface area (Å²) in [6.07, 6.45) is 3.39. The van der Waals surface area contributed by atoms with Crippen molar-refractivity contribution in [2.45, 2.75) is 6.54 Å². The second kappa shape index (κ2) is 4.89. The Morgan fingerprint density at radius 2 is 2.14 bits per heavy atom. The third-order valence-corrected chi connectivity index (χ3v) is 3.81. The van der Waals surface area contributed by atoms with Crippen LogP contribution < -0.4 is 5.32 Å². The molecule has 0 unspecified atom stereocenters. The van der Waals surface area contributed by atoms with Crippen LogP contribution in [-0.2, 0) is 6.54 Å². The Morgan fingerprint density at radius 3 is 3.10 bits per heavy atom. The van der Waals surface area contributed by atoms with Crippen molar-refractivity contribution in [1.82, 2.24) is 15.0 Å². The van der Waals surface area contributed by atoms with Gasteiger partial charge >= 0.3 is 0 Å². The highest BCUT2D eigenvalue weighted by Crippen LogP contribution is 2.24. The average molecular weight is 343 g/mol. The molecule has 21 heavy (non-hydrogen) atoms. The van der Waals surface area contributed by atoms with Crippen molar-refractivity contribution in [3.05, 3.63) is 53.1 Å². The molecule has 0 aliphatic rings. The summed E-state index contributed by atoms with van der Waals surface area (Å²) in [7, 11) is 0. The predicted octanol–water partition coefficient (Wildman–Crippen LogP) is 4.08. The molecule has 0 saturated carbocycles. The Labute approximate surface area is 128 Å². The number of hydrogen-bond donors (Lipinski definition) is 2. The molecule has 4 rings (SSSR count). The Balaban J connectivity index is 1.61. The molecule has 4 aromatic rings. The van der Waals surface area contributed by atoms with Gasteiger partial charge in [0.15, 0.2) is 0 Å². The van der Waals surface area contributed by atoms with Crippen molar-refractivity contribution in [2.24, 2.45) is 0 Å². The molecule has 3 heterocycles. The van der Waals surface area contributed by atoms with E-state index in [1.165, 1.54) is 6.33 Å². The second-order valence-corrected chi connectivity index (χ2v) is 5.63. The third-order valence-electron chi connectivity index (χ3n) is 3.31. The number of anilines is 1. The molecule has 0 bridgehead atoms. The average Bonchev–Trinajstić information content (AvgIpc) is 3.10. The molecule has 104 valence electrons. The number of aromatic amines is 1. The fraction of sp³-hybridized carbons (Fsp3) is 0.0667. The maximum Gasteiger partial charge on any atom is 0.142 e. The van der Waals surface area contributed by atoms with Crippen LogP contribution in [0.5, 0.6) is 0 Å². The number of nitrogens with one attached hydrogen (secondary N) is 2. The minimum atomic E-state index is 0.573. The van der Waals surface area contributed by atoms with Crippen LogP contribution in [0.3, 0.4) is 0 Å². The van der Waals surface area contributed by atoms with Crippen molar-refractivity contribution < 1.29 is 4.42 Å². The minimum absolute atomic E-state index is 0.573. The topological polar surface area (TPSA) is 66.7 Å². The van der Waals surface area contributed by atoms with Gasteiger partial charge in [-0.3, -0.25) is 0 Å². The highest BCUT2D eigenvalue weighted by molar-refractivity contribution is 9.10. The Kier molecular flexibility index (Phi) is 2.89. The molecule has 0 amide bonds. The minimum Gasteiger partial charge on any atom is -0.459 e. The molecule has 0 fully saturated rings. The number of aromatic nitrogens is 3. The summed E-state index contributed by atoms with van der Waals surface area (Å²) >= 11 is 3.46. The van der Waals surface area contributed by atoms with Crippen molar-refractivity contribution >= 4 is 43.8 Å². The first-order valence-electron chi connectivity index (χ1n) is 6.49. The number of fused-ring (bicyclic) bond motifs is 2. The maximum absolute atomic E-state index is 5.80. The van der Waals surface area contributed by atoms with Gasteiger partial charge in [0.2, 0.25) is 0 Å². The van der Waals surface area contributed by atoms with E-state index in [4.69, 9.17) is 4.42 Å². The summed E-state index contributed by atoms with van der Waals surface area (Å²) in [5.74, 6) is 1.66. The lowest BCUT2D eigenvalue weighted by Crippen LogP contribution is -2.01. The van der Waals surface area contributed by atoms with E-state index in [1.807, 2.05) is 36.5 Å². The van der Waals surface area contributed by atoms with Gasteiger partial charge in [0, 0.05) is 16.1 Å². The molecule has 0 aliphatic heterocycles. The Hall–Kier alpha value is -2.34. The van der Waals surface area contributed by atoms with E-state index in [9.17, 15) is 0 Å². The molecule has 2 N–H and O–H groups in total. The molecular formula is C15H11BrN4O. The van der Waals surface area contributed by atoms with Gasteiger partial charge in [-0.15, -0.1) is 0 Å². The fourth-order valence-corrected chi connectivity index (χ4v) is 2.72. The number of furan rings is 1. The van der Waals surface area contributed by atoms with Gasteiger partial charge in [0.1, 0.15) is 29.1 Å². The molecule has 0 spiro atoms. The van der Waals surface area contributed by atoms with E-state index in [0.29, 0.717) is 6.54 Å². The third kappa shape index (κ3) is 2.27. The van der Waals surface area contributed by atoms with Gasteiger partial charge in [-0.05, 0) is 30.3 Å². The van der Waals surface area contributed by atoms with E-state index in [2.05, 4.69) is 36.2 Å². The Morgan fingerprint density at radius 1 is 1.19 bits per heavy atom. The molecule has 3 aromatic heterocycles. The molecule has 0 aliphatic carbocycles. The van der Waals surface area contributed by atoms with Gasteiger partial charge in [0.05, 0.1) is 11.9 Å². The van der Waals surface area contributed by atoms with Crippen LogP contribution in [0.1, 0.15) is 5.76 Å². The standard InChI is InChI=1S/C15H11BrN4O/c16-10-1-2-13-9(5-10)6-11(21-13)7-18-15-12-3-4-17-14(12)19-8-20-15/h1-6,8H,7H2,(H2,17,18,19,20). The highest BCUT2D eigenvalue weighted by atomic mass is 79.9. The summed E-state index contributed by atoms with van der Waals surface area (Å²) in [6.45, 7) is 0.573. The monoisotopic (exact) mass is 342 g/mol. The lowest BCUT2D eigenvalue weighted by molar-refractivity contribution is 0.559. The number of H-pyrrole nitrogens is 1. The van der Waals surface area contributed by atoms with Crippen LogP contribution in [0.15, 0.2) is 51.7 Å². The fourth-order valence-electron chi connectivity index (χ4n) is 2.34. The summed E-state index contributed by atoms with van der Waals surface area (Å²) in [4.78, 5) is 11.5. The highest BCUT2D eigenvalue weighted by Gasteiger charge is 2.07. The number of nitrogens with zero attached hydrogens (tertiary/aromatic N) is 2. The predicted molar refractivity (Wildman–Crippen MR) is 85.1 cm³/mol. The summed E-state index contributed by atoms with van der Waals surface area (Å²) in [5.41, 5.74) is 1.70. The molecular weight excluding hydrogens is 332 g/mol. The maximum atomic E-state index is 5.80. The first-order valence-corrected chi connectivity index (χ1v) is 7.29. The van der Waals surface area contributed by atoms with Gasteiger partial charge in [-0.1, -0.05) is 15.9 Å². The van der Waals surface area contributed by atoms with E-state index < -0.39 is 0 Å². The number of rotatable bonds is 3. The van der Waals surface area contributed by atoms with Crippen LogP contribution in [-0.4, -0.2) is 15.0 Å². The summed E-state index contributed by atoms with van der Waals surface area (Å²) < 4.78 is 6.85. The van der Waals surface area contributed by atoms with Crippen molar-refractivity contribution in [3.63, 3.8) is 0 Å². The van der Waals surface area contributed by atoms with Crippen LogP contribution in [0.25, 0.3) is 22.0 Å². The van der Waals surface area contributed by atoms with E-state index in [-0.39, 0.29) is 0 Å². The smallest absolute Gasteiger partial charge is 0.142 e. The molecule has 0 radical (unpaired) electrons. The van der Waals surface area contributed by atoms with E-state index in [1.54, 1.807) is 0 Å². The quantitative estimate of drug-likeness (QED) is 0.588. The first-order chi connectivity index (χ1) is 10.3. The summed E-state index contributed by atoms with van der Waals surface area (Å²) in [6, 6.07) is 9.95. The molecule has 0 atom stereocenters. The lowest BCUT2D eigenvalue weighted by Gasteiger charge is -2.03. The zero-order valence-corrected chi connectivity index (χ0v) is 12.5. The number of benzene rings is 1. The largest absolute Gasteiger partial charge is 0.459 e. The molecule has 0 saturated heterocycles. The van der Waals surface area contributed by atoms with Gasteiger partial charge in [-0.25, -0.2) is 9.97 Å². The number of hydrogen-bond acceptors (Lipinski definition) is 4. The van der Waals surface area contributed by atoms with Crippen molar-refractivity contribution in [2.75, 3.05) is 5.32 Å². The van der Waals surface area contributed by atoms with E-state index in [0.717, 1.165) is 38.1 Å². The van der Waals surface area contributed by atoms with Crippen LogP contribution in [0, 0.1) is 0 Å². The second-order valence-electron chi connectivity index (χ2n) is 4.71. The van der Waals surface area contributed by atoms with Crippen LogP contribution in [0.2, 0.25) is 0 Å². The van der Waals surface area contributed by atoms with Crippen LogP contribution >= 0.6 is 15.9 Å². The van der Waals surface area contributed by atoms with Crippen molar-refractivity contribution in [3.8, 4) is 0 Å². The molecule has 1 aromatic carbocycles. The zero-order chi connectivity index (χ0) is 14.2.